The molecule has 0 saturated carbocycles. The molecule has 0 aliphatic carbocycles. The van der Waals surface area contributed by atoms with Crippen LogP contribution in [0.3, 0.4) is 0 Å². The maximum absolute atomic E-state index is 11.6. The number of fused-ring (bicyclic) bond motifs is 3. The first-order valence-corrected chi connectivity index (χ1v) is 9.47. The monoisotopic (exact) mass is 349 g/mol. The largest absolute Gasteiger partial charge is 0.344 e. The summed E-state index contributed by atoms with van der Waals surface area (Å²) in [6.45, 7) is 5.37. The van der Waals surface area contributed by atoms with Gasteiger partial charge in [0, 0.05) is 62.0 Å². The fourth-order valence-electron chi connectivity index (χ4n) is 4.16. The maximum Gasteiger partial charge on any atom is 0.250 e. The van der Waals surface area contributed by atoms with Gasteiger partial charge >= 0.3 is 0 Å². The topological polar surface area (TPSA) is 30.2 Å². The van der Waals surface area contributed by atoms with Crippen molar-refractivity contribution in [3.63, 3.8) is 0 Å². The van der Waals surface area contributed by atoms with E-state index in [1.54, 1.807) is 10.6 Å². The first-order valence-electron chi connectivity index (χ1n) is 9.47. The molecule has 0 N–H and O–H groups in total. The molecule has 0 spiro atoms. The van der Waals surface area contributed by atoms with Crippen molar-refractivity contribution < 1.29 is 0 Å². The van der Waals surface area contributed by atoms with Crippen LogP contribution in [0.2, 0.25) is 0 Å². The SMILES string of the molecule is Cc1ccc2c(c1)c1c(n2CCc2ccc(=O)n(C)c2)CCN(C)CC1. The van der Waals surface area contributed by atoms with E-state index < -0.39 is 0 Å². The average Bonchev–Trinajstić information content (AvgIpc) is 2.76. The molecule has 4 rings (SSSR count). The second-order valence-electron chi connectivity index (χ2n) is 7.64. The molecule has 4 nitrogen and oxygen atoms in total. The summed E-state index contributed by atoms with van der Waals surface area (Å²) in [4.78, 5) is 14.1. The molecule has 0 amide bonds. The predicted molar refractivity (Wildman–Crippen MR) is 107 cm³/mol. The maximum atomic E-state index is 11.6. The van der Waals surface area contributed by atoms with E-state index in [9.17, 15) is 4.79 Å². The van der Waals surface area contributed by atoms with Crippen LogP contribution in [0.5, 0.6) is 0 Å². The third-order valence-electron chi connectivity index (χ3n) is 5.69. The second-order valence-corrected chi connectivity index (χ2v) is 7.64. The molecule has 0 bridgehead atoms. The minimum atomic E-state index is 0.0487. The first-order chi connectivity index (χ1) is 12.5. The van der Waals surface area contributed by atoms with Crippen LogP contribution in [0.4, 0.5) is 0 Å². The number of aromatic nitrogens is 2. The number of hydrogen-bond donors (Lipinski definition) is 0. The van der Waals surface area contributed by atoms with Crippen molar-refractivity contribution in [2.75, 3.05) is 20.1 Å². The summed E-state index contributed by atoms with van der Waals surface area (Å²) in [5.74, 6) is 0. The van der Waals surface area contributed by atoms with E-state index in [-0.39, 0.29) is 5.56 Å². The number of benzene rings is 1. The van der Waals surface area contributed by atoms with Crippen molar-refractivity contribution in [1.82, 2.24) is 14.0 Å². The summed E-state index contributed by atoms with van der Waals surface area (Å²) in [5, 5.41) is 1.43. The summed E-state index contributed by atoms with van der Waals surface area (Å²) >= 11 is 0. The van der Waals surface area contributed by atoms with Gasteiger partial charge in [-0.1, -0.05) is 17.7 Å². The Morgan fingerprint density at radius 2 is 1.85 bits per heavy atom. The Hall–Kier alpha value is -2.33. The van der Waals surface area contributed by atoms with Crippen molar-refractivity contribution in [3.05, 3.63) is 69.3 Å². The van der Waals surface area contributed by atoms with Crippen LogP contribution in [-0.2, 0) is 32.9 Å². The number of rotatable bonds is 3. The van der Waals surface area contributed by atoms with Crippen LogP contribution in [-0.4, -0.2) is 34.2 Å². The van der Waals surface area contributed by atoms with Gasteiger partial charge in [0.1, 0.15) is 0 Å². The number of nitrogens with zero attached hydrogens (tertiary/aromatic N) is 3. The van der Waals surface area contributed by atoms with Gasteiger partial charge in [0.25, 0.3) is 0 Å². The summed E-state index contributed by atoms with van der Waals surface area (Å²) in [5.41, 5.74) is 6.98. The van der Waals surface area contributed by atoms with Gasteiger partial charge in [-0.25, -0.2) is 0 Å². The minimum Gasteiger partial charge on any atom is -0.344 e. The van der Waals surface area contributed by atoms with Crippen LogP contribution in [0, 0.1) is 6.92 Å². The van der Waals surface area contributed by atoms with Gasteiger partial charge in [-0.2, -0.15) is 0 Å². The van der Waals surface area contributed by atoms with Crippen molar-refractivity contribution in [1.29, 1.82) is 0 Å². The Labute approximate surface area is 154 Å². The molecule has 4 heteroatoms. The molecule has 3 aromatic rings. The Kier molecular flexibility index (Phi) is 4.45. The van der Waals surface area contributed by atoms with E-state index in [1.165, 1.54) is 33.3 Å². The number of aryl methyl sites for hydroxylation is 4. The summed E-state index contributed by atoms with van der Waals surface area (Å²) in [6.07, 6.45) is 5.13. The summed E-state index contributed by atoms with van der Waals surface area (Å²) in [7, 11) is 4.04. The Morgan fingerprint density at radius 3 is 2.65 bits per heavy atom. The number of likely N-dealkylation sites (N-methyl/N-ethyl adjacent to an activating group) is 1. The normalized spacial score (nSPS) is 15.2. The minimum absolute atomic E-state index is 0.0487. The van der Waals surface area contributed by atoms with Gasteiger partial charge in [0.05, 0.1) is 0 Å². The lowest BCUT2D eigenvalue weighted by Gasteiger charge is -2.14. The van der Waals surface area contributed by atoms with Gasteiger partial charge in [-0.15, -0.1) is 0 Å². The lowest BCUT2D eigenvalue weighted by Crippen LogP contribution is -2.21. The van der Waals surface area contributed by atoms with E-state index in [4.69, 9.17) is 0 Å². The quantitative estimate of drug-likeness (QED) is 0.728. The average molecular weight is 349 g/mol. The molecule has 0 fully saturated rings. The van der Waals surface area contributed by atoms with Gasteiger partial charge in [0.15, 0.2) is 0 Å². The van der Waals surface area contributed by atoms with Crippen molar-refractivity contribution in [2.24, 2.45) is 7.05 Å². The Morgan fingerprint density at radius 1 is 1.04 bits per heavy atom. The Balaban J connectivity index is 1.73. The zero-order valence-electron chi connectivity index (χ0n) is 16.0. The molecular formula is C22H27N3O. The van der Waals surface area contributed by atoms with Crippen LogP contribution in [0.15, 0.2) is 41.3 Å². The van der Waals surface area contributed by atoms with Crippen LogP contribution >= 0.6 is 0 Å². The molecule has 3 heterocycles. The lowest BCUT2D eigenvalue weighted by molar-refractivity contribution is 0.351. The highest BCUT2D eigenvalue weighted by Crippen LogP contribution is 2.30. The highest BCUT2D eigenvalue weighted by atomic mass is 16.1. The molecule has 0 unspecified atom stereocenters. The van der Waals surface area contributed by atoms with E-state index in [2.05, 4.69) is 41.6 Å². The predicted octanol–water partition coefficient (Wildman–Crippen LogP) is 2.92. The highest BCUT2D eigenvalue weighted by molar-refractivity contribution is 5.86. The van der Waals surface area contributed by atoms with Crippen LogP contribution in [0.25, 0.3) is 10.9 Å². The molecule has 1 aliphatic rings. The van der Waals surface area contributed by atoms with Crippen LogP contribution < -0.4 is 5.56 Å². The third-order valence-corrected chi connectivity index (χ3v) is 5.69. The van der Waals surface area contributed by atoms with Crippen LogP contribution in [0.1, 0.15) is 22.4 Å². The van der Waals surface area contributed by atoms with Gasteiger partial charge in [-0.05, 0) is 50.1 Å². The zero-order valence-corrected chi connectivity index (χ0v) is 16.0. The smallest absolute Gasteiger partial charge is 0.250 e. The second kappa shape index (κ2) is 6.76. The fourth-order valence-corrected chi connectivity index (χ4v) is 4.16. The molecule has 26 heavy (non-hydrogen) atoms. The first kappa shape index (κ1) is 17.1. The summed E-state index contributed by atoms with van der Waals surface area (Å²) in [6, 6.07) is 10.5. The fraction of sp³-hybridized carbons (Fsp3) is 0.409. The van der Waals surface area contributed by atoms with Gasteiger partial charge < -0.3 is 14.0 Å². The van der Waals surface area contributed by atoms with Crippen molar-refractivity contribution in [2.45, 2.75) is 32.7 Å². The molecule has 1 aliphatic heterocycles. The van der Waals surface area contributed by atoms with Crippen molar-refractivity contribution in [3.8, 4) is 0 Å². The molecule has 2 aromatic heterocycles. The molecule has 1 aromatic carbocycles. The van der Waals surface area contributed by atoms with E-state index in [1.807, 2.05) is 19.3 Å². The van der Waals surface area contributed by atoms with E-state index >= 15 is 0 Å². The number of hydrogen-bond acceptors (Lipinski definition) is 2. The standard InChI is InChI=1S/C22H27N3O/c1-16-4-6-20-19(14-16)18-9-11-23(2)12-10-21(18)25(20)13-8-17-5-7-22(26)24(3)15-17/h4-7,14-15H,8-13H2,1-3H3. The highest BCUT2D eigenvalue weighted by Gasteiger charge is 2.20. The lowest BCUT2D eigenvalue weighted by atomic mass is 10.1. The molecular weight excluding hydrogens is 322 g/mol. The van der Waals surface area contributed by atoms with Gasteiger partial charge in [-0.3, -0.25) is 4.79 Å². The molecule has 0 radical (unpaired) electrons. The van der Waals surface area contributed by atoms with E-state index in [0.717, 1.165) is 38.9 Å². The molecule has 0 saturated heterocycles. The number of pyridine rings is 1. The van der Waals surface area contributed by atoms with E-state index in [0.29, 0.717) is 0 Å². The summed E-state index contributed by atoms with van der Waals surface area (Å²) < 4.78 is 4.19. The van der Waals surface area contributed by atoms with Crippen molar-refractivity contribution >= 4 is 10.9 Å². The zero-order chi connectivity index (χ0) is 18.3. The third kappa shape index (κ3) is 3.10. The molecule has 0 atom stereocenters. The Bertz CT molecular complexity index is 1010. The van der Waals surface area contributed by atoms with Gasteiger partial charge in [0.2, 0.25) is 5.56 Å². The molecule has 136 valence electrons.